The van der Waals surface area contributed by atoms with E-state index in [0.717, 1.165) is 22.0 Å². The number of rotatable bonds is 7. The number of Topliss-reactive ketones (excluding diaryl/α,β-unsaturated/α-hetero) is 1. The number of ketones is 1. The predicted octanol–water partition coefficient (Wildman–Crippen LogP) is 6.68. The zero-order valence-electron chi connectivity index (χ0n) is 17.7. The number of thioether (sulfide) groups is 1. The van der Waals surface area contributed by atoms with Gasteiger partial charge in [0.25, 0.3) is 0 Å². The number of ether oxygens (including phenoxy) is 1. The summed E-state index contributed by atoms with van der Waals surface area (Å²) in [5, 5.41) is -0.233. The summed E-state index contributed by atoms with van der Waals surface area (Å²) in [5.41, 5.74) is 5.63. The second-order valence-corrected chi connectivity index (χ2v) is 8.78. The Balaban J connectivity index is 1.83. The highest BCUT2D eigenvalue weighted by atomic mass is 32.2. The van der Waals surface area contributed by atoms with Gasteiger partial charge in [0.2, 0.25) is 0 Å². The number of alkyl halides is 2. The van der Waals surface area contributed by atoms with Crippen LogP contribution in [0.5, 0.6) is 5.75 Å². The Hall–Kier alpha value is -2.60. The molecule has 3 rings (SSSR count). The summed E-state index contributed by atoms with van der Waals surface area (Å²) >= 11 is 1.55. The largest absolute Gasteiger partial charge is 0.435 e. The second-order valence-electron chi connectivity index (χ2n) is 7.36. The minimum atomic E-state index is -2.86. The highest BCUT2D eigenvalue weighted by molar-refractivity contribution is 8.00. The highest BCUT2D eigenvalue weighted by Gasteiger charge is 2.22. The van der Waals surface area contributed by atoms with Gasteiger partial charge in [-0.2, -0.15) is 8.78 Å². The average Bonchev–Trinajstić information content (AvgIpc) is 2.98. The van der Waals surface area contributed by atoms with Crippen molar-refractivity contribution in [1.82, 2.24) is 4.57 Å². The van der Waals surface area contributed by atoms with Gasteiger partial charge in [0.15, 0.2) is 5.78 Å². The Morgan fingerprint density at radius 2 is 1.63 bits per heavy atom. The SMILES string of the molecule is Cc1ccc(SC(C)C(=O)c2cc(C)n(-c3ccc(OC(F)F)cc3)c2C)cc1C. The highest BCUT2D eigenvalue weighted by Crippen LogP contribution is 2.30. The van der Waals surface area contributed by atoms with Gasteiger partial charge < -0.3 is 9.30 Å². The maximum atomic E-state index is 13.2. The van der Waals surface area contributed by atoms with Crippen LogP contribution in [-0.2, 0) is 0 Å². The first-order valence-electron chi connectivity index (χ1n) is 9.69. The predicted molar refractivity (Wildman–Crippen MR) is 117 cm³/mol. The van der Waals surface area contributed by atoms with Crippen molar-refractivity contribution < 1.29 is 18.3 Å². The van der Waals surface area contributed by atoms with Crippen LogP contribution in [0.4, 0.5) is 8.78 Å². The molecule has 158 valence electrons. The molecule has 0 radical (unpaired) electrons. The molecular weight excluding hydrogens is 404 g/mol. The van der Waals surface area contributed by atoms with Crippen LogP contribution in [0.2, 0.25) is 0 Å². The van der Waals surface area contributed by atoms with E-state index in [1.165, 1.54) is 23.3 Å². The molecule has 1 atom stereocenters. The summed E-state index contributed by atoms with van der Waals surface area (Å²) in [5.74, 6) is 0.168. The second kappa shape index (κ2) is 9.04. The molecular formula is C24H25F2NO2S. The number of aryl methyl sites for hydroxylation is 3. The number of hydrogen-bond donors (Lipinski definition) is 0. The van der Waals surface area contributed by atoms with E-state index in [9.17, 15) is 13.6 Å². The zero-order chi connectivity index (χ0) is 22.0. The molecule has 0 spiro atoms. The number of carbonyl (C=O) groups is 1. The summed E-state index contributed by atoms with van der Waals surface area (Å²) in [6, 6.07) is 14.5. The van der Waals surface area contributed by atoms with Crippen LogP contribution in [0.25, 0.3) is 5.69 Å². The van der Waals surface area contributed by atoms with Gasteiger partial charge in [-0.3, -0.25) is 4.79 Å². The first-order valence-corrected chi connectivity index (χ1v) is 10.6. The molecule has 0 N–H and O–H groups in total. The van der Waals surface area contributed by atoms with Crippen molar-refractivity contribution in [1.29, 1.82) is 0 Å². The van der Waals surface area contributed by atoms with Crippen molar-refractivity contribution in [3.8, 4) is 11.4 Å². The van der Waals surface area contributed by atoms with E-state index in [4.69, 9.17) is 0 Å². The van der Waals surface area contributed by atoms with E-state index in [1.807, 2.05) is 37.5 Å². The third-order valence-corrected chi connectivity index (χ3v) is 6.27. The molecule has 0 bridgehead atoms. The van der Waals surface area contributed by atoms with Crippen LogP contribution >= 0.6 is 11.8 Å². The maximum absolute atomic E-state index is 13.2. The lowest BCUT2D eigenvalue weighted by Crippen LogP contribution is -2.14. The molecule has 0 fully saturated rings. The van der Waals surface area contributed by atoms with Gasteiger partial charge in [0, 0.05) is 27.5 Å². The standard InChI is InChI=1S/C24H25F2NO2S/c1-14-6-11-21(12-15(14)2)30-18(5)23(28)22-13-16(3)27(17(22)4)19-7-9-20(10-8-19)29-24(25)26/h6-13,18,24H,1-5H3. The minimum absolute atomic E-state index is 0.0650. The molecule has 0 aliphatic carbocycles. The first kappa shape index (κ1) is 22.1. The average molecular weight is 430 g/mol. The number of hydrogen-bond acceptors (Lipinski definition) is 3. The molecule has 6 heteroatoms. The summed E-state index contributed by atoms with van der Waals surface area (Å²) < 4.78 is 31.1. The van der Waals surface area contributed by atoms with Gasteiger partial charge in [0.1, 0.15) is 5.75 Å². The van der Waals surface area contributed by atoms with Crippen molar-refractivity contribution in [3.05, 3.63) is 76.6 Å². The minimum Gasteiger partial charge on any atom is -0.435 e. The summed E-state index contributed by atoms with van der Waals surface area (Å²) in [7, 11) is 0. The third-order valence-electron chi connectivity index (χ3n) is 5.18. The molecule has 3 aromatic rings. The molecule has 1 heterocycles. The van der Waals surface area contributed by atoms with Crippen LogP contribution in [-0.4, -0.2) is 22.2 Å². The first-order chi connectivity index (χ1) is 14.2. The fourth-order valence-corrected chi connectivity index (χ4v) is 4.48. The lowest BCUT2D eigenvalue weighted by molar-refractivity contribution is -0.0498. The summed E-state index contributed by atoms with van der Waals surface area (Å²) in [4.78, 5) is 14.2. The Labute approximate surface area is 180 Å². The topological polar surface area (TPSA) is 31.2 Å². The van der Waals surface area contributed by atoms with Gasteiger partial charge in [-0.1, -0.05) is 6.07 Å². The third kappa shape index (κ3) is 4.75. The van der Waals surface area contributed by atoms with E-state index in [0.29, 0.717) is 5.56 Å². The zero-order valence-corrected chi connectivity index (χ0v) is 18.5. The molecule has 1 aromatic heterocycles. The van der Waals surface area contributed by atoms with Crippen molar-refractivity contribution in [2.75, 3.05) is 0 Å². The molecule has 2 aromatic carbocycles. The molecule has 0 aliphatic heterocycles. The monoisotopic (exact) mass is 429 g/mol. The van der Waals surface area contributed by atoms with E-state index < -0.39 is 6.61 Å². The van der Waals surface area contributed by atoms with E-state index in [1.54, 1.807) is 23.9 Å². The number of carbonyl (C=O) groups excluding carboxylic acids is 1. The van der Waals surface area contributed by atoms with E-state index >= 15 is 0 Å². The van der Waals surface area contributed by atoms with Crippen LogP contribution in [0, 0.1) is 27.7 Å². The van der Waals surface area contributed by atoms with Gasteiger partial charge in [-0.05, 0) is 88.2 Å². The van der Waals surface area contributed by atoms with Crippen molar-refractivity contribution in [2.45, 2.75) is 51.4 Å². The normalized spacial score (nSPS) is 12.3. The quantitative estimate of drug-likeness (QED) is 0.310. The van der Waals surface area contributed by atoms with Crippen molar-refractivity contribution in [3.63, 3.8) is 0 Å². The molecule has 0 aliphatic rings. The molecule has 0 saturated heterocycles. The molecule has 30 heavy (non-hydrogen) atoms. The number of benzene rings is 2. The lowest BCUT2D eigenvalue weighted by atomic mass is 10.1. The summed E-state index contributed by atoms with van der Waals surface area (Å²) in [6.45, 7) is 7.03. The van der Waals surface area contributed by atoms with Crippen molar-refractivity contribution >= 4 is 17.5 Å². The van der Waals surface area contributed by atoms with Crippen LogP contribution < -0.4 is 4.74 Å². The fourth-order valence-electron chi connectivity index (χ4n) is 3.45. The molecule has 1 unspecified atom stereocenters. The van der Waals surface area contributed by atoms with Gasteiger partial charge in [0.05, 0.1) is 5.25 Å². The van der Waals surface area contributed by atoms with E-state index in [2.05, 4.69) is 30.7 Å². The Bertz CT molecular complexity index is 1060. The lowest BCUT2D eigenvalue weighted by Gasteiger charge is -2.13. The number of halogens is 2. The van der Waals surface area contributed by atoms with E-state index in [-0.39, 0.29) is 16.8 Å². The Morgan fingerprint density at radius 3 is 2.23 bits per heavy atom. The van der Waals surface area contributed by atoms with Crippen LogP contribution in [0.3, 0.4) is 0 Å². The number of nitrogens with zero attached hydrogens (tertiary/aromatic N) is 1. The van der Waals surface area contributed by atoms with Gasteiger partial charge >= 0.3 is 6.61 Å². The van der Waals surface area contributed by atoms with Crippen molar-refractivity contribution in [2.24, 2.45) is 0 Å². The maximum Gasteiger partial charge on any atom is 0.387 e. The molecule has 3 nitrogen and oxygen atoms in total. The fraction of sp³-hybridized carbons (Fsp3) is 0.292. The van der Waals surface area contributed by atoms with Gasteiger partial charge in [-0.15, -0.1) is 11.8 Å². The Morgan fingerprint density at radius 1 is 0.967 bits per heavy atom. The van der Waals surface area contributed by atoms with Crippen LogP contribution in [0.1, 0.15) is 39.8 Å². The molecule has 0 saturated carbocycles. The smallest absolute Gasteiger partial charge is 0.387 e. The number of aromatic nitrogens is 1. The molecule has 0 amide bonds. The van der Waals surface area contributed by atoms with Crippen LogP contribution in [0.15, 0.2) is 53.4 Å². The summed E-state index contributed by atoms with van der Waals surface area (Å²) in [6.07, 6.45) is 0. The van der Waals surface area contributed by atoms with Gasteiger partial charge in [-0.25, -0.2) is 0 Å². The Kier molecular flexibility index (Phi) is 6.66.